The second-order valence-corrected chi connectivity index (χ2v) is 4.80. The fourth-order valence-electron chi connectivity index (χ4n) is 2.07. The first kappa shape index (κ1) is 13.7. The molecule has 0 radical (unpaired) electrons. The maximum Gasteiger partial charge on any atom is 0.168 e. The molecule has 1 aliphatic heterocycles. The zero-order chi connectivity index (χ0) is 11.8. The van der Waals surface area contributed by atoms with Crippen LogP contribution in [0.1, 0.15) is 32.6 Å². The molecule has 1 N–H and O–H groups in total. The second-order valence-electron chi connectivity index (χ2n) is 4.42. The molecule has 3 nitrogen and oxygen atoms in total. The van der Waals surface area contributed by atoms with Gasteiger partial charge >= 0.3 is 0 Å². The van der Waals surface area contributed by atoms with Crippen molar-refractivity contribution in [2.75, 3.05) is 33.4 Å². The number of hydrogen-bond acceptors (Lipinski definition) is 2. The van der Waals surface area contributed by atoms with Gasteiger partial charge in [0.2, 0.25) is 0 Å². The molecular weight excluding hydrogens is 220 g/mol. The van der Waals surface area contributed by atoms with Gasteiger partial charge in [0, 0.05) is 33.4 Å². The number of thiocarbonyl (C=S) groups is 1. The van der Waals surface area contributed by atoms with Crippen LogP contribution in [0.4, 0.5) is 0 Å². The number of nitrogens with one attached hydrogen (secondary N) is 1. The number of rotatable bonds is 5. The second kappa shape index (κ2) is 7.85. The summed E-state index contributed by atoms with van der Waals surface area (Å²) in [5, 5.41) is 4.22. The molecule has 1 heterocycles. The van der Waals surface area contributed by atoms with Crippen LogP contribution in [0, 0.1) is 5.92 Å². The summed E-state index contributed by atoms with van der Waals surface area (Å²) in [6.07, 6.45) is 4.90. The summed E-state index contributed by atoms with van der Waals surface area (Å²) in [6, 6.07) is 0. The monoisotopic (exact) mass is 244 g/mol. The van der Waals surface area contributed by atoms with Gasteiger partial charge < -0.3 is 15.0 Å². The first-order valence-corrected chi connectivity index (χ1v) is 6.70. The molecule has 0 aromatic heterocycles. The van der Waals surface area contributed by atoms with Crippen molar-refractivity contribution in [1.29, 1.82) is 0 Å². The van der Waals surface area contributed by atoms with Crippen molar-refractivity contribution >= 4 is 17.3 Å². The van der Waals surface area contributed by atoms with E-state index in [1.807, 2.05) is 0 Å². The lowest BCUT2D eigenvalue weighted by molar-refractivity contribution is 0.195. The van der Waals surface area contributed by atoms with E-state index in [1.165, 1.54) is 19.3 Å². The van der Waals surface area contributed by atoms with E-state index in [0.29, 0.717) is 0 Å². The quantitative estimate of drug-likeness (QED) is 0.591. The van der Waals surface area contributed by atoms with E-state index in [1.54, 1.807) is 7.11 Å². The lowest BCUT2D eigenvalue weighted by atomic mass is 9.95. The van der Waals surface area contributed by atoms with Crippen LogP contribution in [0.2, 0.25) is 0 Å². The van der Waals surface area contributed by atoms with Crippen LogP contribution in [0.5, 0.6) is 0 Å². The molecule has 1 saturated heterocycles. The predicted octanol–water partition coefficient (Wildman–Crippen LogP) is 2.02. The molecule has 1 aliphatic rings. The predicted molar refractivity (Wildman–Crippen MR) is 71.7 cm³/mol. The van der Waals surface area contributed by atoms with Crippen LogP contribution in [-0.4, -0.2) is 43.4 Å². The summed E-state index contributed by atoms with van der Waals surface area (Å²) in [6.45, 7) is 6.23. The van der Waals surface area contributed by atoms with Gasteiger partial charge in [-0.1, -0.05) is 13.3 Å². The van der Waals surface area contributed by atoms with Gasteiger partial charge in [0.25, 0.3) is 0 Å². The summed E-state index contributed by atoms with van der Waals surface area (Å²) in [5.74, 6) is 0.910. The van der Waals surface area contributed by atoms with E-state index in [4.69, 9.17) is 17.0 Å². The first-order chi connectivity index (χ1) is 7.77. The lowest BCUT2D eigenvalue weighted by Gasteiger charge is -2.33. The molecule has 0 saturated carbocycles. The number of likely N-dealkylation sites (tertiary alicyclic amines) is 1. The standard InChI is InChI=1S/C12H24N2OS/c1-3-11-5-8-14(9-6-11)12(16)13-7-4-10-15-2/h11H,3-10H2,1-2H3,(H,13,16). The summed E-state index contributed by atoms with van der Waals surface area (Å²) in [7, 11) is 1.73. The van der Waals surface area contributed by atoms with Crippen molar-refractivity contribution in [3.63, 3.8) is 0 Å². The molecule has 0 unspecified atom stereocenters. The Bertz CT molecular complexity index is 203. The Morgan fingerprint density at radius 2 is 2.12 bits per heavy atom. The summed E-state index contributed by atoms with van der Waals surface area (Å²) >= 11 is 5.37. The van der Waals surface area contributed by atoms with Crippen LogP contribution in [0.25, 0.3) is 0 Å². The van der Waals surface area contributed by atoms with Gasteiger partial charge in [-0.2, -0.15) is 0 Å². The van der Waals surface area contributed by atoms with Crippen LogP contribution >= 0.6 is 12.2 Å². The summed E-state index contributed by atoms with van der Waals surface area (Å²) in [5.41, 5.74) is 0. The van der Waals surface area contributed by atoms with Crippen molar-refractivity contribution in [2.24, 2.45) is 5.92 Å². The molecule has 1 rings (SSSR count). The maximum absolute atomic E-state index is 5.37. The highest BCUT2D eigenvalue weighted by Gasteiger charge is 2.18. The summed E-state index contributed by atoms with van der Waals surface area (Å²) in [4.78, 5) is 2.30. The number of piperidine rings is 1. The molecule has 1 fully saturated rings. The normalized spacial score (nSPS) is 17.5. The molecule has 0 aromatic rings. The van der Waals surface area contributed by atoms with Gasteiger partial charge in [0.05, 0.1) is 0 Å². The highest BCUT2D eigenvalue weighted by molar-refractivity contribution is 7.80. The third kappa shape index (κ3) is 4.66. The van der Waals surface area contributed by atoms with Crippen LogP contribution in [0.15, 0.2) is 0 Å². The molecule has 0 bridgehead atoms. The van der Waals surface area contributed by atoms with Crippen molar-refractivity contribution in [3.8, 4) is 0 Å². The van der Waals surface area contributed by atoms with E-state index < -0.39 is 0 Å². The Morgan fingerprint density at radius 1 is 1.44 bits per heavy atom. The van der Waals surface area contributed by atoms with E-state index in [2.05, 4.69) is 17.1 Å². The average Bonchev–Trinajstić information content (AvgIpc) is 2.34. The van der Waals surface area contributed by atoms with Crippen molar-refractivity contribution in [3.05, 3.63) is 0 Å². The minimum Gasteiger partial charge on any atom is -0.385 e. The Balaban J connectivity index is 2.13. The van der Waals surface area contributed by atoms with E-state index in [-0.39, 0.29) is 0 Å². The van der Waals surface area contributed by atoms with Gasteiger partial charge in [0.15, 0.2) is 5.11 Å². The van der Waals surface area contributed by atoms with Crippen molar-refractivity contribution in [2.45, 2.75) is 32.6 Å². The molecule has 0 spiro atoms. The average molecular weight is 244 g/mol. The SMILES string of the molecule is CCC1CCN(C(=S)NCCCOC)CC1. The third-order valence-electron chi connectivity index (χ3n) is 3.28. The van der Waals surface area contributed by atoms with E-state index in [9.17, 15) is 0 Å². The molecule has 0 aromatic carbocycles. The number of ether oxygens (including phenoxy) is 1. The van der Waals surface area contributed by atoms with Crippen LogP contribution < -0.4 is 5.32 Å². The van der Waals surface area contributed by atoms with Crippen LogP contribution in [0.3, 0.4) is 0 Å². The van der Waals surface area contributed by atoms with Crippen molar-refractivity contribution < 1.29 is 4.74 Å². The smallest absolute Gasteiger partial charge is 0.168 e. The zero-order valence-corrected chi connectivity index (χ0v) is 11.3. The van der Waals surface area contributed by atoms with Gasteiger partial charge in [-0.05, 0) is 37.4 Å². The Labute approximate surface area is 105 Å². The van der Waals surface area contributed by atoms with Gasteiger partial charge in [-0.15, -0.1) is 0 Å². The highest BCUT2D eigenvalue weighted by atomic mass is 32.1. The minimum absolute atomic E-state index is 0.799. The summed E-state index contributed by atoms with van der Waals surface area (Å²) < 4.78 is 5.00. The van der Waals surface area contributed by atoms with Gasteiger partial charge in [0.1, 0.15) is 0 Å². The molecule has 4 heteroatoms. The Hall–Kier alpha value is -0.350. The zero-order valence-electron chi connectivity index (χ0n) is 10.5. The topological polar surface area (TPSA) is 24.5 Å². The number of nitrogens with zero attached hydrogens (tertiary/aromatic N) is 1. The molecule has 16 heavy (non-hydrogen) atoms. The Kier molecular flexibility index (Phi) is 6.73. The molecule has 0 aliphatic carbocycles. The fourth-order valence-corrected chi connectivity index (χ4v) is 2.35. The highest BCUT2D eigenvalue weighted by Crippen LogP contribution is 2.19. The fraction of sp³-hybridized carbons (Fsp3) is 0.917. The molecule has 0 atom stereocenters. The molecule has 0 amide bonds. The van der Waals surface area contributed by atoms with Crippen molar-refractivity contribution in [1.82, 2.24) is 10.2 Å². The largest absolute Gasteiger partial charge is 0.385 e. The number of methoxy groups -OCH3 is 1. The molecule has 94 valence electrons. The van der Waals surface area contributed by atoms with Gasteiger partial charge in [-0.25, -0.2) is 0 Å². The minimum atomic E-state index is 0.799. The first-order valence-electron chi connectivity index (χ1n) is 6.29. The van der Waals surface area contributed by atoms with Crippen LogP contribution in [-0.2, 0) is 4.74 Å². The maximum atomic E-state index is 5.37. The lowest BCUT2D eigenvalue weighted by Crippen LogP contribution is -2.44. The number of hydrogen-bond donors (Lipinski definition) is 1. The van der Waals surface area contributed by atoms with E-state index >= 15 is 0 Å². The molecular formula is C12H24N2OS. The third-order valence-corrected chi connectivity index (χ3v) is 3.68. The van der Waals surface area contributed by atoms with Gasteiger partial charge in [-0.3, -0.25) is 0 Å². The Morgan fingerprint density at radius 3 is 2.69 bits per heavy atom. The van der Waals surface area contributed by atoms with E-state index in [0.717, 1.165) is 43.7 Å².